The van der Waals surface area contributed by atoms with E-state index in [1.807, 2.05) is 4.68 Å². The van der Waals surface area contributed by atoms with Crippen molar-refractivity contribution in [3.8, 4) is 0 Å². The molecule has 116 valence electrons. The Hall–Kier alpha value is -0.900. The van der Waals surface area contributed by atoms with E-state index in [4.69, 9.17) is 0 Å². The van der Waals surface area contributed by atoms with E-state index in [1.165, 1.54) is 25.7 Å². The van der Waals surface area contributed by atoms with Gasteiger partial charge in [-0.2, -0.15) is 5.10 Å². The minimum Gasteiger partial charge on any atom is -0.389 e. The fourth-order valence-electron chi connectivity index (χ4n) is 5.64. The van der Waals surface area contributed by atoms with E-state index in [2.05, 4.69) is 23.9 Å². The van der Waals surface area contributed by atoms with Crippen LogP contribution in [0.5, 0.6) is 0 Å². The Morgan fingerprint density at radius 3 is 3.00 bits per heavy atom. The Bertz CT molecular complexity index is 526. The minimum absolute atomic E-state index is 0.513. The minimum atomic E-state index is -0.516. The van der Waals surface area contributed by atoms with E-state index in [0.717, 1.165) is 36.5 Å². The number of hydrogen-bond donors (Lipinski definition) is 1. The molecule has 5 unspecified atom stereocenters. The Balaban J connectivity index is 1.54. The van der Waals surface area contributed by atoms with Crippen molar-refractivity contribution in [1.29, 1.82) is 0 Å². The zero-order valence-electron chi connectivity index (χ0n) is 13.2. The van der Waals surface area contributed by atoms with Gasteiger partial charge in [0.15, 0.2) is 0 Å². The molecule has 4 heteroatoms. The SMILES string of the molecule is CC(C)Cn1ncnc1CC1(O)CC2CC1C1CCCC21. The molecular weight excluding hydrogens is 262 g/mol. The van der Waals surface area contributed by atoms with Gasteiger partial charge in [0, 0.05) is 13.0 Å². The van der Waals surface area contributed by atoms with Crippen LogP contribution in [0.1, 0.15) is 51.8 Å². The summed E-state index contributed by atoms with van der Waals surface area (Å²) in [5, 5.41) is 15.6. The second-order valence-corrected chi connectivity index (χ2v) is 8.10. The van der Waals surface area contributed by atoms with Gasteiger partial charge in [-0.15, -0.1) is 0 Å². The summed E-state index contributed by atoms with van der Waals surface area (Å²) >= 11 is 0. The van der Waals surface area contributed by atoms with E-state index in [1.54, 1.807) is 6.33 Å². The van der Waals surface area contributed by atoms with Gasteiger partial charge in [0.2, 0.25) is 0 Å². The molecule has 0 aliphatic heterocycles. The van der Waals surface area contributed by atoms with Gasteiger partial charge < -0.3 is 5.11 Å². The van der Waals surface area contributed by atoms with Gasteiger partial charge in [0.05, 0.1) is 5.60 Å². The van der Waals surface area contributed by atoms with Crippen molar-refractivity contribution >= 4 is 0 Å². The molecule has 4 rings (SSSR count). The molecule has 0 amide bonds. The molecule has 0 aromatic carbocycles. The third-order valence-electron chi connectivity index (χ3n) is 6.31. The fraction of sp³-hybridized carbons (Fsp3) is 0.882. The summed E-state index contributed by atoms with van der Waals surface area (Å²) in [4.78, 5) is 4.44. The Morgan fingerprint density at radius 2 is 2.19 bits per heavy atom. The topological polar surface area (TPSA) is 50.9 Å². The van der Waals surface area contributed by atoms with Crippen LogP contribution in [-0.4, -0.2) is 25.5 Å². The maximum atomic E-state index is 11.3. The number of hydrogen-bond acceptors (Lipinski definition) is 3. The van der Waals surface area contributed by atoms with E-state index in [-0.39, 0.29) is 0 Å². The zero-order chi connectivity index (χ0) is 14.6. The molecular formula is C17H27N3O. The van der Waals surface area contributed by atoms with E-state index >= 15 is 0 Å². The summed E-state index contributed by atoms with van der Waals surface area (Å²) < 4.78 is 2.00. The molecule has 3 aliphatic carbocycles. The van der Waals surface area contributed by atoms with Crippen LogP contribution in [0.15, 0.2) is 6.33 Å². The highest BCUT2D eigenvalue weighted by molar-refractivity contribution is 5.12. The van der Waals surface area contributed by atoms with Crippen LogP contribution in [0, 0.1) is 29.6 Å². The van der Waals surface area contributed by atoms with Gasteiger partial charge in [0.25, 0.3) is 0 Å². The zero-order valence-corrected chi connectivity index (χ0v) is 13.2. The highest BCUT2D eigenvalue weighted by Gasteiger charge is 2.60. The first-order valence-electron chi connectivity index (χ1n) is 8.66. The molecule has 21 heavy (non-hydrogen) atoms. The normalized spacial score (nSPS) is 41.1. The molecule has 5 atom stereocenters. The first kappa shape index (κ1) is 13.7. The first-order chi connectivity index (χ1) is 10.1. The van der Waals surface area contributed by atoms with Crippen LogP contribution in [-0.2, 0) is 13.0 Å². The van der Waals surface area contributed by atoms with Crippen LogP contribution >= 0.6 is 0 Å². The smallest absolute Gasteiger partial charge is 0.138 e. The number of nitrogens with zero attached hydrogens (tertiary/aromatic N) is 3. The predicted molar refractivity (Wildman–Crippen MR) is 80.6 cm³/mol. The molecule has 0 saturated heterocycles. The lowest BCUT2D eigenvalue weighted by Gasteiger charge is -2.38. The van der Waals surface area contributed by atoms with Crippen molar-refractivity contribution in [2.45, 2.75) is 64.5 Å². The maximum Gasteiger partial charge on any atom is 0.138 e. The van der Waals surface area contributed by atoms with Crippen molar-refractivity contribution in [1.82, 2.24) is 14.8 Å². The summed E-state index contributed by atoms with van der Waals surface area (Å²) in [7, 11) is 0. The lowest BCUT2D eigenvalue weighted by molar-refractivity contribution is -0.0471. The van der Waals surface area contributed by atoms with Crippen molar-refractivity contribution in [3.63, 3.8) is 0 Å². The average molecular weight is 289 g/mol. The summed E-state index contributed by atoms with van der Waals surface area (Å²) in [6.07, 6.45) is 8.72. The summed E-state index contributed by atoms with van der Waals surface area (Å²) in [6.45, 7) is 5.28. The van der Waals surface area contributed by atoms with Crippen LogP contribution in [0.3, 0.4) is 0 Å². The van der Waals surface area contributed by atoms with Gasteiger partial charge in [-0.05, 0) is 55.3 Å². The van der Waals surface area contributed by atoms with Crippen molar-refractivity contribution < 1.29 is 5.11 Å². The molecule has 3 saturated carbocycles. The molecule has 0 spiro atoms. The molecule has 1 heterocycles. The Labute approximate surface area is 127 Å². The largest absolute Gasteiger partial charge is 0.389 e. The molecule has 3 aliphatic rings. The number of aromatic nitrogens is 3. The van der Waals surface area contributed by atoms with Gasteiger partial charge in [-0.1, -0.05) is 20.3 Å². The molecule has 3 fully saturated rings. The molecule has 4 nitrogen and oxygen atoms in total. The summed E-state index contributed by atoms with van der Waals surface area (Å²) in [5.74, 6) is 4.53. The van der Waals surface area contributed by atoms with Gasteiger partial charge in [-0.25, -0.2) is 9.67 Å². The fourth-order valence-corrected chi connectivity index (χ4v) is 5.64. The Morgan fingerprint density at radius 1 is 1.38 bits per heavy atom. The van der Waals surface area contributed by atoms with Crippen LogP contribution in [0.25, 0.3) is 0 Å². The average Bonchev–Trinajstić information content (AvgIpc) is 3.10. The quantitative estimate of drug-likeness (QED) is 0.927. The van der Waals surface area contributed by atoms with Crippen molar-refractivity contribution in [2.24, 2.45) is 29.6 Å². The lowest BCUT2D eigenvalue weighted by atomic mass is 9.71. The Kier molecular flexibility index (Phi) is 3.14. The van der Waals surface area contributed by atoms with Crippen LogP contribution in [0.2, 0.25) is 0 Å². The standard InChI is InChI=1S/C17H27N3O/c1-11(2)9-20-16(18-10-19-20)8-17(21)7-12-6-15(17)14-5-3-4-13(12)14/h10-15,21H,3-9H2,1-2H3. The molecule has 1 aromatic rings. The summed E-state index contributed by atoms with van der Waals surface area (Å²) in [6, 6.07) is 0. The number of fused-ring (bicyclic) bond motifs is 5. The van der Waals surface area contributed by atoms with Crippen molar-refractivity contribution in [3.05, 3.63) is 12.2 Å². The lowest BCUT2D eigenvalue weighted by Crippen LogP contribution is -2.43. The van der Waals surface area contributed by atoms with E-state index in [9.17, 15) is 5.11 Å². The number of rotatable bonds is 4. The van der Waals surface area contributed by atoms with Gasteiger partial charge in [0.1, 0.15) is 12.2 Å². The predicted octanol–water partition coefficient (Wildman–Crippen LogP) is 2.66. The van der Waals surface area contributed by atoms with Crippen molar-refractivity contribution in [2.75, 3.05) is 0 Å². The van der Waals surface area contributed by atoms with Gasteiger partial charge in [-0.3, -0.25) is 0 Å². The monoisotopic (exact) mass is 289 g/mol. The highest BCUT2D eigenvalue weighted by Crippen LogP contribution is 2.62. The third-order valence-corrected chi connectivity index (χ3v) is 6.31. The van der Waals surface area contributed by atoms with Crippen LogP contribution < -0.4 is 0 Å². The summed E-state index contributed by atoms with van der Waals surface area (Å²) in [5.41, 5.74) is -0.516. The van der Waals surface area contributed by atoms with Crippen LogP contribution in [0.4, 0.5) is 0 Å². The first-order valence-corrected chi connectivity index (χ1v) is 8.66. The molecule has 0 radical (unpaired) electrons. The molecule has 1 aromatic heterocycles. The van der Waals surface area contributed by atoms with Gasteiger partial charge >= 0.3 is 0 Å². The number of aliphatic hydroxyl groups is 1. The van der Waals surface area contributed by atoms with E-state index in [0.29, 0.717) is 18.3 Å². The highest BCUT2D eigenvalue weighted by atomic mass is 16.3. The second kappa shape index (κ2) is 4.80. The third kappa shape index (κ3) is 2.14. The maximum absolute atomic E-state index is 11.3. The molecule has 2 bridgehead atoms. The van der Waals surface area contributed by atoms with E-state index < -0.39 is 5.60 Å². The second-order valence-electron chi connectivity index (χ2n) is 8.10. The molecule has 1 N–H and O–H groups in total.